The maximum Gasteiger partial charge on any atom is 0.0410 e. The summed E-state index contributed by atoms with van der Waals surface area (Å²) in [4.78, 5) is 2.22. The van der Waals surface area contributed by atoms with E-state index < -0.39 is 0 Å². The number of rotatable bonds is 6. The lowest BCUT2D eigenvalue weighted by Gasteiger charge is -2.20. The number of aryl methyl sites for hydroxylation is 1. The molecule has 0 aliphatic rings. The van der Waals surface area contributed by atoms with Crippen LogP contribution in [0.5, 0.6) is 0 Å². The van der Waals surface area contributed by atoms with Gasteiger partial charge in [0.1, 0.15) is 0 Å². The summed E-state index contributed by atoms with van der Waals surface area (Å²) in [5.41, 5.74) is 10.7. The predicted octanol–water partition coefficient (Wildman–Crippen LogP) is 8.84. The Morgan fingerprint density at radius 1 is 0.471 bits per heavy atom. The first-order valence-corrected chi connectivity index (χ1v) is 11.6. The van der Waals surface area contributed by atoms with Gasteiger partial charge in [0, 0.05) is 29.8 Å². The molecule has 0 radical (unpaired) electrons. The van der Waals surface area contributed by atoms with Gasteiger partial charge in [-0.05, 0) is 83.3 Å². The van der Waals surface area contributed by atoms with Gasteiger partial charge in [0.15, 0.2) is 0 Å². The van der Waals surface area contributed by atoms with Gasteiger partial charge in [-0.15, -0.1) is 0 Å². The molecule has 5 aromatic rings. The summed E-state index contributed by atoms with van der Waals surface area (Å²) in [5, 5.41) is 3.50. The van der Waals surface area contributed by atoms with E-state index in [4.69, 9.17) is 0 Å². The van der Waals surface area contributed by atoms with Crippen molar-refractivity contribution in [3.63, 3.8) is 0 Å². The molecule has 0 aliphatic heterocycles. The van der Waals surface area contributed by atoms with Crippen LogP contribution in [0.25, 0.3) is 22.3 Å². The molecule has 0 aromatic heterocycles. The van der Waals surface area contributed by atoms with Crippen LogP contribution in [0.2, 0.25) is 0 Å². The predicted molar refractivity (Wildman–Crippen MR) is 146 cm³/mol. The SMILES string of the molecule is Cc1cccc(N(C)c2ccc(-c3ccc(Nc4ccc(-c5ccccc5)cc4)cc3)cc2)c1. The van der Waals surface area contributed by atoms with E-state index in [9.17, 15) is 0 Å². The van der Waals surface area contributed by atoms with Gasteiger partial charge in [-0.2, -0.15) is 0 Å². The number of nitrogens with one attached hydrogen (secondary N) is 1. The van der Waals surface area contributed by atoms with Crippen LogP contribution in [0, 0.1) is 6.92 Å². The maximum absolute atomic E-state index is 3.50. The van der Waals surface area contributed by atoms with Crippen LogP contribution in [0.1, 0.15) is 5.56 Å². The topological polar surface area (TPSA) is 15.3 Å². The van der Waals surface area contributed by atoms with Crippen LogP contribution in [0.3, 0.4) is 0 Å². The molecule has 0 saturated heterocycles. The minimum Gasteiger partial charge on any atom is -0.356 e. The molecule has 0 saturated carbocycles. The number of anilines is 4. The average Bonchev–Trinajstić information content (AvgIpc) is 2.90. The summed E-state index contributed by atoms with van der Waals surface area (Å²) < 4.78 is 0. The smallest absolute Gasteiger partial charge is 0.0410 e. The first-order chi connectivity index (χ1) is 16.7. The van der Waals surface area contributed by atoms with E-state index in [1.54, 1.807) is 0 Å². The Bertz CT molecular complexity index is 1350. The molecule has 1 N–H and O–H groups in total. The fraction of sp³-hybridized carbons (Fsp3) is 0.0625. The van der Waals surface area contributed by atoms with Crippen LogP contribution in [0.15, 0.2) is 127 Å². The second-order valence-corrected chi connectivity index (χ2v) is 8.59. The number of hydrogen-bond donors (Lipinski definition) is 1. The Morgan fingerprint density at radius 3 is 1.50 bits per heavy atom. The zero-order valence-electron chi connectivity index (χ0n) is 19.6. The Balaban J connectivity index is 1.26. The molecule has 0 unspecified atom stereocenters. The third kappa shape index (κ3) is 4.87. The number of hydrogen-bond acceptors (Lipinski definition) is 2. The highest BCUT2D eigenvalue weighted by molar-refractivity contribution is 5.73. The van der Waals surface area contributed by atoms with E-state index in [-0.39, 0.29) is 0 Å². The molecular formula is C32H28N2. The first kappa shape index (κ1) is 21.5. The highest BCUT2D eigenvalue weighted by atomic mass is 15.1. The summed E-state index contributed by atoms with van der Waals surface area (Å²) in [5.74, 6) is 0. The van der Waals surface area contributed by atoms with Gasteiger partial charge in [0.25, 0.3) is 0 Å². The molecule has 0 heterocycles. The Kier molecular flexibility index (Phi) is 6.13. The summed E-state index contributed by atoms with van der Waals surface area (Å²) >= 11 is 0. The van der Waals surface area contributed by atoms with E-state index >= 15 is 0 Å². The minimum absolute atomic E-state index is 1.08. The molecule has 0 aliphatic carbocycles. The zero-order chi connectivity index (χ0) is 23.3. The molecule has 0 amide bonds. The molecule has 0 atom stereocenters. The molecule has 0 bridgehead atoms. The van der Waals surface area contributed by atoms with E-state index in [0.29, 0.717) is 0 Å². The van der Waals surface area contributed by atoms with Gasteiger partial charge in [-0.3, -0.25) is 0 Å². The Hall–Kier alpha value is -4.30. The summed E-state index contributed by atoms with van der Waals surface area (Å²) in [7, 11) is 2.11. The van der Waals surface area contributed by atoms with Crippen molar-refractivity contribution in [3.05, 3.63) is 133 Å². The van der Waals surface area contributed by atoms with Crippen molar-refractivity contribution >= 4 is 22.7 Å². The van der Waals surface area contributed by atoms with E-state index in [2.05, 4.69) is 146 Å². The Labute approximate surface area is 202 Å². The van der Waals surface area contributed by atoms with Crippen LogP contribution < -0.4 is 10.2 Å². The second kappa shape index (κ2) is 9.68. The van der Waals surface area contributed by atoms with E-state index in [0.717, 1.165) is 11.4 Å². The summed E-state index contributed by atoms with van der Waals surface area (Å²) in [6.07, 6.45) is 0. The van der Waals surface area contributed by atoms with Crippen molar-refractivity contribution in [2.75, 3.05) is 17.3 Å². The van der Waals surface area contributed by atoms with Gasteiger partial charge in [-0.25, -0.2) is 0 Å². The molecule has 5 rings (SSSR count). The lowest BCUT2D eigenvalue weighted by Crippen LogP contribution is -2.09. The van der Waals surface area contributed by atoms with Crippen LogP contribution >= 0.6 is 0 Å². The monoisotopic (exact) mass is 440 g/mol. The Morgan fingerprint density at radius 2 is 0.971 bits per heavy atom. The quantitative estimate of drug-likeness (QED) is 0.284. The van der Waals surface area contributed by atoms with Gasteiger partial charge in [0.2, 0.25) is 0 Å². The molecule has 2 heteroatoms. The van der Waals surface area contributed by atoms with Crippen molar-refractivity contribution < 1.29 is 0 Å². The fourth-order valence-electron chi connectivity index (χ4n) is 4.15. The maximum atomic E-state index is 3.50. The molecule has 5 aromatic carbocycles. The summed E-state index contributed by atoms with van der Waals surface area (Å²) in [6.45, 7) is 2.12. The average molecular weight is 441 g/mol. The van der Waals surface area contributed by atoms with Crippen LogP contribution in [0.4, 0.5) is 22.7 Å². The molecule has 2 nitrogen and oxygen atoms in total. The van der Waals surface area contributed by atoms with Crippen molar-refractivity contribution in [3.8, 4) is 22.3 Å². The third-order valence-corrected chi connectivity index (χ3v) is 6.14. The van der Waals surface area contributed by atoms with Crippen molar-refractivity contribution in [1.29, 1.82) is 0 Å². The first-order valence-electron chi connectivity index (χ1n) is 11.6. The lowest BCUT2D eigenvalue weighted by molar-refractivity contribution is 1.20. The fourth-order valence-corrected chi connectivity index (χ4v) is 4.15. The molecule has 166 valence electrons. The largest absolute Gasteiger partial charge is 0.356 e. The minimum atomic E-state index is 1.08. The number of nitrogens with zero attached hydrogens (tertiary/aromatic N) is 1. The van der Waals surface area contributed by atoms with Gasteiger partial charge < -0.3 is 10.2 Å². The van der Waals surface area contributed by atoms with Crippen molar-refractivity contribution in [2.24, 2.45) is 0 Å². The van der Waals surface area contributed by atoms with Crippen LogP contribution in [-0.2, 0) is 0 Å². The molecule has 0 fully saturated rings. The van der Waals surface area contributed by atoms with Gasteiger partial charge >= 0.3 is 0 Å². The van der Waals surface area contributed by atoms with Gasteiger partial charge in [-0.1, -0.05) is 78.9 Å². The van der Waals surface area contributed by atoms with E-state index in [1.165, 1.54) is 39.2 Å². The second-order valence-electron chi connectivity index (χ2n) is 8.59. The molecule has 34 heavy (non-hydrogen) atoms. The normalized spacial score (nSPS) is 10.6. The standard InChI is InChI=1S/C32H28N2/c1-24-7-6-10-32(23-24)34(2)31-21-15-28(16-22-31)27-13-19-30(20-14-27)33-29-17-11-26(12-18-29)25-8-4-3-5-9-25/h3-23,33H,1-2H3. The zero-order valence-corrected chi connectivity index (χ0v) is 19.6. The number of benzene rings is 5. The molecule has 0 spiro atoms. The van der Waals surface area contributed by atoms with Crippen LogP contribution in [-0.4, -0.2) is 7.05 Å². The third-order valence-electron chi connectivity index (χ3n) is 6.14. The van der Waals surface area contributed by atoms with E-state index in [1.807, 2.05) is 6.07 Å². The lowest BCUT2D eigenvalue weighted by atomic mass is 10.0. The molecular weight excluding hydrogens is 412 g/mol. The highest BCUT2D eigenvalue weighted by Crippen LogP contribution is 2.29. The highest BCUT2D eigenvalue weighted by Gasteiger charge is 2.05. The summed E-state index contributed by atoms with van der Waals surface area (Å²) in [6, 6.07) is 44.9. The van der Waals surface area contributed by atoms with Gasteiger partial charge in [0.05, 0.1) is 0 Å². The van der Waals surface area contributed by atoms with Crippen molar-refractivity contribution in [2.45, 2.75) is 6.92 Å². The van der Waals surface area contributed by atoms with Crippen molar-refractivity contribution in [1.82, 2.24) is 0 Å².